The molecule has 1 amide bonds. The summed E-state index contributed by atoms with van der Waals surface area (Å²) in [5.41, 5.74) is 3.99. The maximum absolute atomic E-state index is 11.8. The van der Waals surface area contributed by atoms with E-state index in [-0.39, 0.29) is 5.91 Å². The number of hydrogen-bond acceptors (Lipinski definition) is 3. The van der Waals surface area contributed by atoms with Crippen LogP contribution in [0.3, 0.4) is 0 Å². The minimum Gasteiger partial charge on any atom is -0.497 e. The van der Waals surface area contributed by atoms with Gasteiger partial charge in [-0.2, -0.15) is 5.10 Å². The van der Waals surface area contributed by atoms with Crippen LogP contribution in [0.25, 0.3) is 0 Å². The lowest BCUT2D eigenvalue weighted by molar-refractivity contribution is -0.121. The fourth-order valence-electron chi connectivity index (χ4n) is 1.61. The Morgan fingerprint density at radius 2 is 2.00 bits per heavy atom. The number of nitrogens with zero attached hydrogens (tertiary/aromatic N) is 1. The molecule has 1 N–H and O–H groups in total. The van der Waals surface area contributed by atoms with E-state index in [1.807, 2.05) is 24.3 Å². The number of benzene rings is 1. The molecular weight excluding hydrogens is 272 g/mol. The number of halogens is 1. The summed E-state index contributed by atoms with van der Waals surface area (Å²) < 4.78 is 4.22. The van der Waals surface area contributed by atoms with E-state index in [2.05, 4.69) is 26.5 Å². The molecule has 0 spiro atoms. The van der Waals surface area contributed by atoms with Crippen molar-refractivity contribution >= 4 is 27.5 Å². The van der Waals surface area contributed by atoms with Gasteiger partial charge in [0.2, 0.25) is 0 Å². The van der Waals surface area contributed by atoms with Gasteiger partial charge in [0.1, 0.15) is 5.75 Å². The van der Waals surface area contributed by atoms with Crippen molar-refractivity contribution in [2.75, 3.05) is 7.11 Å². The standard InChI is InChI=1S/C11H11BrN2O2/c1-7-11(12,10(15)14-13-7)8-3-5-9(16-2)6-4-8/h3-6H,1-2H3,(H,14,15). The lowest BCUT2D eigenvalue weighted by atomic mass is 9.95. The molecule has 2 rings (SSSR count). The summed E-state index contributed by atoms with van der Waals surface area (Å²) in [6, 6.07) is 7.32. The predicted octanol–water partition coefficient (Wildman–Crippen LogP) is 1.79. The molecule has 0 bridgehead atoms. The van der Waals surface area contributed by atoms with Gasteiger partial charge in [0.15, 0.2) is 4.32 Å². The molecule has 16 heavy (non-hydrogen) atoms. The predicted molar refractivity (Wildman–Crippen MR) is 64.9 cm³/mol. The van der Waals surface area contributed by atoms with Crippen LogP contribution in [0.2, 0.25) is 0 Å². The van der Waals surface area contributed by atoms with Crippen molar-refractivity contribution in [3.8, 4) is 5.75 Å². The van der Waals surface area contributed by atoms with E-state index in [4.69, 9.17) is 4.74 Å². The number of hydrogen-bond donors (Lipinski definition) is 1. The van der Waals surface area contributed by atoms with Crippen molar-refractivity contribution in [3.05, 3.63) is 29.8 Å². The molecule has 84 valence electrons. The largest absolute Gasteiger partial charge is 0.497 e. The average Bonchev–Trinajstić information content (AvgIpc) is 2.58. The molecule has 5 heteroatoms. The Bertz CT molecular complexity index is 456. The number of rotatable bonds is 2. The third kappa shape index (κ3) is 1.51. The molecule has 1 aliphatic rings. The van der Waals surface area contributed by atoms with E-state index in [1.54, 1.807) is 14.0 Å². The van der Waals surface area contributed by atoms with E-state index < -0.39 is 4.32 Å². The van der Waals surface area contributed by atoms with Gasteiger partial charge >= 0.3 is 0 Å². The van der Waals surface area contributed by atoms with Crippen molar-refractivity contribution in [1.29, 1.82) is 0 Å². The molecule has 0 fully saturated rings. The zero-order valence-electron chi connectivity index (χ0n) is 8.95. The number of nitrogens with one attached hydrogen (secondary N) is 1. The van der Waals surface area contributed by atoms with Gasteiger partial charge in [-0.25, -0.2) is 5.43 Å². The Balaban J connectivity index is 2.43. The number of carbonyl (C=O) groups is 1. The molecule has 0 aliphatic carbocycles. The van der Waals surface area contributed by atoms with Crippen molar-refractivity contribution in [1.82, 2.24) is 5.43 Å². The minimum atomic E-state index is -0.848. The maximum Gasteiger partial charge on any atom is 0.267 e. The number of carbonyl (C=O) groups excluding carboxylic acids is 1. The van der Waals surface area contributed by atoms with Crippen molar-refractivity contribution in [3.63, 3.8) is 0 Å². The monoisotopic (exact) mass is 282 g/mol. The van der Waals surface area contributed by atoms with E-state index in [0.717, 1.165) is 11.3 Å². The van der Waals surface area contributed by atoms with Gasteiger partial charge in [-0.05, 0) is 24.6 Å². The molecule has 1 aromatic carbocycles. The van der Waals surface area contributed by atoms with Crippen molar-refractivity contribution in [2.45, 2.75) is 11.2 Å². The Hall–Kier alpha value is -1.36. The topological polar surface area (TPSA) is 50.7 Å². The molecule has 1 heterocycles. The highest BCUT2D eigenvalue weighted by Crippen LogP contribution is 2.36. The van der Waals surface area contributed by atoms with Gasteiger partial charge < -0.3 is 4.74 Å². The molecule has 1 aliphatic heterocycles. The van der Waals surface area contributed by atoms with E-state index in [0.29, 0.717) is 5.71 Å². The molecule has 1 atom stereocenters. The quantitative estimate of drug-likeness (QED) is 0.841. The van der Waals surface area contributed by atoms with Crippen LogP contribution in [-0.2, 0) is 9.12 Å². The zero-order valence-corrected chi connectivity index (χ0v) is 10.5. The van der Waals surface area contributed by atoms with Gasteiger partial charge in [0.25, 0.3) is 5.91 Å². The number of amides is 1. The van der Waals surface area contributed by atoms with Crippen molar-refractivity contribution < 1.29 is 9.53 Å². The second kappa shape index (κ2) is 3.90. The van der Waals surface area contributed by atoms with Crippen LogP contribution in [-0.4, -0.2) is 18.7 Å². The van der Waals surface area contributed by atoms with Crippen LogP contribution in [0, 0.1) is 0 Å². The first-order valence-electron chi connectivity index (χ1n) is 4.77. The maximum atomic E-state index is 11.8. The molecule has 1 aromatic rings. The second-order valence-corrected chi connectivity index (χ2v) is 4.71. The van der Waals surface area contributed by atoms with Crippen LogP contribution in [0.1, 0.15) is 12.5 Å². The highest BCUT2D eigenvalue weighted by molar-refractivity contribution is 9.10. The smallest absolute Gasteiger partial charge is 0.267 e. The first-order valence-corrected chi connectivity index (χ1v) is 5.57. The zero-order chi connectivity index (χ0) is 11.8. The average molecular weight is 283 g/mol. The molecular formula is C11H11BrN2O2. The van der Waals surface area contributed by atoms with Crippen LogP contribution in [0.5, 0.6) is 5.75 Å². The highest BCUT2D eigenvalue weighted by atomic mass is 79.9. The Morgan fingerprint density at radius 3 is 2.44 bits per heavy atom. The third-order valence-corrected chi connectivity index (χ3v) is 4.02. The molecule has 1 unspecified atom stereocenters. The summed E-state index contributed by atoms with van der Waals surface area (Å²) in [6.07, 6.45) is 0. The van der Waals surface area contributed by atoms with Crippen LogP contribution in [0.4, 0.5) is 0 Å². The fraction of sp³-hybridized carbons (Fsp3) is 0.273. The van der Waals surface area contributed by atoms with E-state index in [9.17, 15) is 4.79 Å². The summed E-state index contributed by atoms with van der Waals surface area (Å²) in [5.74, 6) is 0.586. The Kier molecular flexibility index (Phi) is 2.71. The summed E-state index contributed by atoms with van der Waals surface area (Å²) in [7, 11) is 1.61. The molecule has 0 radical (unpaired) electrons. The first-order chi connectivity index (χ1) is 7.59. The second-order valence-electron chi connectivity index (χ2n) is 3.53. The molecule has 0 aromatic heterocycles. The summed E-state index contributed by atoms with van der Waals surface area (Å²) >= 11 is 3.45. The van der Waals surface area contributed by atoms with Crippen LogP contribution in [0.15, 0.2) is 29.4 Å². The fourth-order valence-corrected chi connectivity index (χ4v) is 2.06. The number of alkyl halides is 1. The SMILES string of the molecule is COc1ccc(C2(Br)C(=O)NN=C2C)cc1. The van der Waals surface area contributed by atoms with Crippen molar-refractivity contribution in [2.24, 2.45) is 5.10 Å². The number of methoxy groups -OCH3 is 1. The summed E-state index contributed by atoms with van der Waals surface area (Å²) in [5, 5.41) is 3.93. The van der Waals surface area contributed by atoms with E-state index in [1.165, 1.54) is 0 Å². The normalized spacial score (nSPS) is 23.9. The van der Waals surface area contributed by atoms with Gasteiger partial charge in [-0.3, -0.25) is 4.79 Å². The third-order valence-electron chi connectivity index (χ3n) is 2.62. The van der Waals surface area contributed by atoms with Gasteiger partial charge in [0.05, 0.1) is 12.8 Å². The Morgan fingerprint density at radius 1 is 1.38 bits per heavy atom. The Labute approximate surface area is 102 Å². The van der Waals surface area contributed by atoms with Crippen LogP contribution >= 0.6 is 15.9 Å². The van der Waals surface area contributed by atoms with Crippen LogP contribution < -0.4 is 10.2 Å². The summed E-state index contributed by atoms with van der Waals surface area (Å²) in [4.78, 5) is 11.8. The molecule has 4 nitrogen and oxygen atoms in total. The number of ether oxygens (including phenoxy) is 1. The molecule has 0 saturated carbocycles. The van der Waals surface area contributed by atoms with Gasteiger partial charge in [-0.1, -0.05) is 28.1 Å². The minimum absolute atomic E-state index is 0.171. The first kappa shape index (κ1) is 11.1. The van der Waals surface area contributed by atoms with Gasteiger partial charge in [-0.15, -0.1) is 0 Å². The lowest BCUT2D eigenvalue weighted by Gasteiger charge is -2.19. The molecule has 0 saturated heterocycles. The number of hydrazone groups is 1. The van der Waals surface area contributed by atoms with Gasteiger partial charge in [0, 0.05) is 0 Å². The van der Waals surface area contributed by atoms with E-state index >= 15 is 0 Å². The highest BCUT2D eigenvalue weighted by Gasteiger charge is 2.44. The summed E-state index contributed by atoms with van der Waals surface area (Å²) in [6.45, 7) is 1.80. The lowest BCUT2D eigenvalue weighted by Crippen LogP contribution is -2.35.